The molecular formula is C9H17N. The SMILES string of the molecule is CC1=C(C(C)C)CCCN1. The van der Waals surface area contributed by atoms with Gasteiger partial charge in [0.05, 0.1) is 0 Å². The molecule has 0 unspecified atom stereocenters. The monoisotopic (exact) mass is 139 g/mol. The van der Waals surface area contributed by atoms with E-state index in [0.717, 1.165) is 5.92 Å². The molecule has 0 aromatic heterocycles. The largest absolute Gasteiger partial charge is 0.389 e. The Bertz CT molecular complexity index is 145. The Hall–Kier alpha value is -0.460. The second kappa shape index (κ2) is 3.09. The lowest BCUT2D eigenvalue weighted by Crippen LogP contribution is -2.21. The van der Waals surface area contributed by atoms with Crippen LogP contribution in [0.25, 0.3) is 0 Å². The van der Waals surface area contributed by atoms with E-state index in [0.29, 0.717) is 0 Å². The highest BCUT2D eigenvalue weighted by Gasteiger charge is 2.10. The minimum Gasteiger partial charge on any atom is -0.389 e. The molecule has 0 amide bonds. The predicted octanol–water partition coefficient (Wildman–Crippen LogP) is 2.30. The van der Waals surface area contributed by atoms with Gasteiger partial charge in [-0.05, 0) is 31.3 Å². The van der Waals surface area contributed by atoms with Crippen LogP contribution in [0.2, 0.25) is 0 Å². The maximum atomic E-state index is 3.39. The summed E-state index contributed by atoms with van der Waals surface area (Å²) in [6, 6.07) is 0. The van der Waals surface area contributed by atoms with Crippen molar-refractivity contribution in [1.29, 1.82) is 0 Å². The molecule has 0 aromatic carbocycles. The van der Waals surface area contributed by atoms with Crippen molar-refractivity contribution in [3.05, 3.63) is 11.3 Å². The fourth-order valence-corrected chi connectivity index (χ4v) is 1.58. The van der Waals surface area contributed by atoms with Crippen LogP contribution in [0.15, 0.2) is 11.3 Å². The standard InChI is InChI=1S/C9H17N/c1-7(2)9-5-4-6-10-8(9)3/h7,10H,4-6H2,1-3H3. The Morgan fingerprint density at radius 2 is 2.10 bits per heavy atom. The van der Waals surface area contributed by atoms with Crippen LogP contribution in [0.4, 0.5) is 0 Å². The van der Waals surface area contributed by atoms with E-state index in [-0.39, 0.29) is 0 Å². The van der Waals surface area contributed by atoms with Crippen LogP contribution >= 0.6 is 0 Å². The Kier molecular flexibility index (Phi) is 2.36. The molecule has 1 heteroatoms. The number of rotatable bonds is 1. The first-order chi connectivity index (χ1) is 4.72. The molecule has 0 aliphatic carbocycles. The molecule has 0 atom stereocenters. The predicted molar refractivity (Wildman–Crippen MR) is 44.8 cm³/mol. The third-order valence-electron chi connectivity index (χ3n) is 2.19. The van der Waals surface area contributed by atoms with Crippen LogP contribution in [-0.4, -0.2) is 6.54 Å². The molecule has 58 valence electrons. The summed E-state index contributed by atoms with van der Waals surface area (Å²) in [5.41, 5.74) is 3.03. The van der Waals surface area contributed by atoms with E-state index in [1.165, 1.54) is 25.1 Å². The Morgan fingerprint density at radius 1 is 1.40 bits per heavy atom. The number of hydrogen-bond donors (Lipinski definition) is 1. The molecule has 0 aromatic rings. The van der Waals surface area contributed by atoms with Gasteiger partial charge in [-0.3, -0.25) is 0 Å². The molecule has 0 fully saturated rings. The highest BCUT2D eigenvalue weighted by Crippen LogP contribution is 2.21. The van der Waals surface area contributed by atoms with Crippen LogP contribution in [0.5, 0.6) is 0 Å². The van der Waals surface area contributed by atoms with Crippen molar-refractivity contribution in [2.75, 3.05) is 6.54 Å². The summed E-state index contributed by atoms with van der Waals surface area (Å²) in [5.74, 6) is 0.729. The third kappa shape index (κ3) is 1.53. The first kappa shape index (κ1) is 7.64. The second-order valence-electron chi connectivity index (χ2n) is 3.34. The van der Waals surface area contributed by atoms with Gasteiger partial charge in [-0.25, -0.2) is 0 Å². The third-order valence-corrected chi connectivity index (χ3v) is 2.19. The zero-order valence-corrected chi connectivity index (χ0v) is 7.20. The first-order valence-corrected chi connectivity index (χ1v) is 4.15. The van der Waals surface area contributed by atoms with Gasteiger partial charge < -0.3 is 5.32 Å². The van der Waals surface area contributed by atoms with Gasteiger partial charge in [0.2, 0.25) is 0 Å². The van der Waals surface area contributed by atoms with Gasteiger partial charge in [-0.2, -0.15) is 0 Å². The van der Waals surface area contributed by atoms with E-state index in [1.54, 1.807) is 5.57 Å². The zero-order chi connectivity index (χ0) is 7.56. The van der Waals surface area contributed by atoms with Crippen molar-refractivity contribution < 1.29 is 0 Å². The summed E-state index contributed by atoms with van der Waals surface area (Å²) in [5, 5.41) is 3.39. The quantitative estimate of drug-likeness (QED) is 0.587. The normalized spacial score (nSPS) is 19.6. The van der Waals surface area contributed by atoms with Gasteiger partial charge in [-0.1, -0.05) is 13.8 Å². The summed E-state index contributed by atoms with van der Waals surface area (Å²) in [7, 11) is 0. The minimum absolute atomic E-state index is 0.729. The van der Waals surface area contributed by atoms with Gasteiger partial charge >= 0.3 is 0 Å². The molecule has 0 saturated heterocycles. The van der Waals surface area contributed by atoms with Crippen molar-refractivity contribution >= 4 is 0 Å². The molecular weight excluding hydrogens is 122 g/mol. The lowest BCUT2D eigenvalue weighted by Gasteiger charge is -2.22. The van der Waals surface area contributed by atoms with Gasteiger partial charge in [0.15, 0.2) is 0 Å². The van der Waals surface area contributed by atoms with Crippen molar-refractivity contribution in [3.8, 4) is 0 Å². The van der Waals surface area contributed by atoms with Crippen molar-refractivity contribution in [3.63, 3.8) is 0 Å². The highest BCUT2D eigenvalue weighted by molar-refractivity contribution is 5.15. The maximum absolute atomic E-state index is 3.39. The van der Waals surface area contributed by atoms with E-state index >= 15 is 0 Å². The topological polar surface area (TPSA) is 12.0 Å². The molecule has 0 spiro atoms. The lowest BCUT2D eigenvalue weighted by molar-refractivity contribution is 0.590. The van der Waals surface area contributed by atoms with Crippen LogP contribution in [-0.2, 0) is 0 Å². The molecule has 1 nitrogen and oxygen atoms in total. The van der Waals surface area contributed by atoms with Crippen LogP contribution in [0, 0.1) is 5.92 Å². The summed E-state index contributed by atoms with van der Waals surface area (Å²) in [6.45, 7) is 7.90. The van der Waals surface area contributed by atoms with Gasteiger partial charge in [0, 0.05) is 12.2 Å². The summed E-state index contributed by atoms with van der Waals surface area (Å²) in [4.78, 5) is 0. The highest BCUT2D eigenvalue weighted by atomic mass is 14.9. The first-order valence-electron chi connectivity index (χ1n) is 4.15. The van der Waals surface area contributed by atoms with Crippen LogP contribution < -0.4 is 5.32 Å². The molecule has 1 rings (SSSR count). The molecule has 1 heterocycles. The molecule has 0 saturated carbocycles. The van der Waals surface area contributed by atoms with Crippen molar-refractivity contribution in [1.82, 2.24) is 5.32 Å². The average Bonchev–Trinajstić information content (AvgIpc) is 1.88. The van der Waals surface area contributed by atoms with E-state index in [1.807, 2.05) is 0 Å². The van der Waals surface area contributed by atoms with E-state index in [9.17, 15) is 0 Å². The Labute approximate surface area is 63.5 Å². The van der Waals surface area contributed by atoms with E-state index < -0.39 is 0 Å². The van der Waals surface area contributed by atoms with E-state index in [2.05, 4.69) is 26.1 Å². The number of allylic oxidation sites excluding steroid dienone is 2. The minimum atomic E-state index is 0.729. The van der Waals surface area contributed by atoms with E-state index in [4.69, 9.17) is 0 Å². The fourth-order valence-electron chi connectivity index (χ4n) is 1.58. The molecule has 1 N–H and O–H groups in total. The fraction of sp³-hybridized carbons (Fsp3) is 0.778. The number of nitrogens with one attached hydrogen (secondary N) is 1. The maximum Gasteiger partial charge on any atom is 0.0146 e. The molecule has 1 aliphatic rings. The Balaban J connectivity index is 2.68. The Morgan fingerprint density at radius 3 is 2.50 bits per heavy atom. The van der Waals surface area contributed by atoms with Gasteiger partial charge in [-0.15, -0.1) is 0 Å². The zero-order valence-electron chi connectivity index (χ0n) is 7.20. The van der Waals surface area contributed by atoms with Crippen LogP contribution in [0.3, 0.4) is 0 Å². The summed E-state index contributed by atoms with van der Waals surface area (Å²) < 4.78 is 0. The molecule has 0 radical (unpaired) electrons. The number of hydrogen-bond acceptors (Lipinski definition) is 1. The lowest BCUT2D eigenvalue weighted by atomic mass is 9.94. The van der Waals surface area contributed by atoms with Crippen molar-refractivity contribution in [2.24, 2.45) is 5.92 Å². The smallest absolute Gasteiger partial charge is 0.0146 e. The second-order valence-corrected chi connectivity index (χ2v) is 3.34. The van der Waals surface area contributed by atoms with Crippen molar-refractivity contribution in [2.45, 2.75) is 33.6 Å². The summed E-state index contributed by atoms with van der Waals surface area (Å²) >= 11 is 0. The average molecular weight is 139 g/mol. The molecule has 1 aliphatic heterocycles. The molecule has 0 bridgehead atoms. The van der Waals surface area contributed by atoms with Gasteiger partial charge in [0.25, 0.3) is 0 Å². The van der Waals surface area contributed by atoms with Crippen LogP contribution in [0.1, 0.15) is 33.6 Å². The van der Waals surface area contributed by atoms with Gasteiger partial charge in [0.1, 0.15) is 0 Å². The summed E-state index contributed by atoms with van der Waals surface area (Å²) in [6.07, 6.45) is 2.61. The molecule has 10 heavy (non-hydrogen) atoms.